The molecule has 0 aliphatic rings. The first kappa shape index (κ1) is 21.2. The van der Waals surface area contributed by atoms with E-state index in [1.54, 1.807) is 18.5 Å². The molecule has 3 heterocycles. The third-order valence-electron chi connectivity index (χ3n) is 4.58. The van der Waals surface area contributed by atoms with E-state index in [1.807, 2.05) is 70.8 Å². The van der Waals surface area contributed by atoms with E-state index >= 15 is 0 Å². The minimum Gasteiger partial charge on any atom is -0.339 e. The second-order valence-corrected chi connectivity index (χ2v) is 7.90. The molecule has 0 aliphatic heterocycles. The van der Waals surface area contributed by atoms with Crippen LogP contribution in [-0.4, -0.2) is 26.3 Å². The molecule has 2 amide bonds. The van der Waals surface area contributed by atoms with E-state index in [4.69, 9.17) is 0 Å². The van der Waals surface area contributed by atoms with Gasteiger partial charge in [-0.15, -0.1) is 11.3 Å². The lowest BCUT2D eigenvalue weighted by molar-refractivity contribution is -0.114. The van der Waals surface area contributed by atoms with E-state index in [0.717, 1.165) is 22.5 Å². The second kappa shape index (κ2) is 9.84. The van der Waals surface area contributed by atoms with Crippen LogP contribution in [0, 0.1) is 0 Å². The van der Waals surface area contributed by atoms with Crippen LogP contribution in [0.2, 0.25) is 0 Å². The van der Waals surface area contributed by atoms with E-state index in [0.29, 0.717) is 17.4 Å². The van der Waals surface area contributed by atoms with Gasteiger partial charge in [-0.3, -0.25) is 19.9 Å². The Labute approximate surface area is 189 Å². The highest BCUT2D eigenvalue weighted by molar-refractivity contribution is 7.14. The molecular formula is C24H21N5O2S. The molecule has 0 unspecified atom stereocenters. The number of carbonyl (C=O) groups excluding carboxylic acids is 2. The first-order valence-corrected chi connectivity index (χ1v) is 10.8. The van der Waals surface area contributed by atoms with Gasteiger partial charge in [0.25, 0.3) is 5.91 Å². The Bertz CT molecular complexity index is 1240. The monoisotopic (exact) mass is 443 g/mol. The van der Waals surface area contributed by atoms with Crippen LogP contribution in [0.1, 0.15) is 34.2 Å². The van der Waals surface area contributed by atoms with E-state index in [-0.39, 0.29) is 11.8 Å². The predicted molar refractivity (Wildman–Crippen MR) is 128 cm³/mol. The van der Waals surface area contributed by atoms with Crippen LogP contribution in [0.4, 0.5) is 10.8 Å². The van der Waals surface area contributed by atoms with Crippen molar-refractivity contribution < 1.29 is 9.59 Å². The number of nitrogens with zero attached hydrogens (tertiary/aromatic N) is 3. The van der Waals surface area contributed by atoms with Crippen LogP contribution < -0.4 is 10.6 Å². The largest absolute Gasteiger partial charge is 0.339 e. The van der Waals surface area contributed by atoms with Crippen LogP contribution in [0.5, 0.6) is 0 Å². The van der Waals surface area contributed by atoms with Gasteiger partial charge >= 0.3 is 0 Å². The number of nitrogens with one attached hydrogen (secondary N) is 2. The molecule has 160 valence electrons. The Morgan fingerprint density at radius 1 is 1.03 bits per heavy atom. The molecular weight excluding hydrogens is 422 g/mol. The number of rotatable bonds is 7. The lowest BCUT2D eigenvalue weighted by Crippen LogP contribution is -2.17. The van der Waals surface area contributed by atoms with Gasteiger partial charge in [-0.05, 0) is 53.6 Å². The van der Waals surface area contributed by atoms with Gasteiger partial charge in [-0.25, -0.2) is 4.98 Å². The molecule has 0 saturated heterocycles. The Morgan fingerprint density at radius 2 is 1.81 bits per heavy atom. The van der Waals surface area contributed by atoms with Gasteiger partial charge in [0.1, 0.15) is 5.69 Å². The van der Waals surface area contributed by atoms with Crippen molar-refractivity contribution in [1.82, 2.24) is 14.5 Å². The average molecular weight is 444 g/mol. The van der Waals surface area contributed by atoms with Crippen LogP contribution in [0.15, 0.2) is 72.5 Å². The summed E-state index contributed by atoms with van der Waals surface area (Å²) in [5.41, 5.74) is 4.11. The minimum absolute atomic E-state index is 0.102. The molecule has 0 fully saturated rings. The van der Waals surface area contributed by atoms with Gasteiger partial charge in [-0.2, -0.15) is 0 Å². The molecule has 7 nitrogen and oxygen atoms in total. The summed E-state index contributed by atoms with van der Waals surface area (Å²) in [5.74, 6) is -0.308. The molecule has 2 N–H and O–H groups in total. The normalized spacial score (nSPS) is 10.9. The minimum atomic E-state index is -0.206. The second-order valence-electron chi connectivity index (χ2n) is 7.04. The maximum absolute atomic E-state index is 12.8. The highest BCUT2D eigenvalue weighted by Crippen LogP contribution is 2.19. The van der Waals surface area contributed by atoms with Crippen LogP contribution in [0.3, 0.4) is 0 Å². The number of hydrogen-bond donors (Lipinski definition) is 2. The van der Waals surface area contributed by atoms with Gasteiger partial charge in [0.2, 0.25) is 5.91 Å². The van der Waals surface area contributed by atoms with Gasteiger partial charge < -0.3 is 9.88 Å². The van der Waals surface area contributed by atoms with Crippen LogP contribution in [0.25, 0.3) is 12.2 Å². The number of hydrogen-bond acceptors (Lipinski definition) is 5. The number of pyridine rings is 1. The van der Waals surface area contributed by atoms with Crippen molar-refractivity contribution in [3.05, 3.63) is 95.0 Å². The first-order chi connectivity index (χ1) is 15.6. The molecule has 0 aliphatic carbocycles. The lowest BCUT2D eigenvalue weighted by atomic mass is 10.2. The van der Waals surface area contributed by atoms with E-state index in [1.165, 1.54) is 18.3 Å². The van der Waals surface area contributed by atoms with E-state index in [2.05, 4.69) is 20.6 Å². The molecule has 0 atom stereocenters. The number of carbonyl (C=O) groups is 2. The molecule has 8 heteroatoms. The maximum atomic E-state index is 12.8. The molecule has 32 heavy (non-hydrogen) atoms. The lowest BCUT2D eigenvalue weighted by Gasteiger charge is -2.08. The van der Waals surface area contributed by atoms with Gasteiger partial charge in [0.05, 0.1) is 5.69 Å². The average Bonchev–Trinajstić information content (AvgIpc) is 3.43. The number of amides is 2. The SMILES string of the molecule is CC(=O)Nc1ccc(/C=C/c2csc(NC(=O)c3cccn3Cc3ccncc3)n2)cc1. The first-order valence-electron chi connectivity index (χ1n) is 9.93. The quantitative estimate of drug-likeness (QED) is 0.431. The Balaban J connectivity index is 1.38. The summed E-state index contributed by atoms with van der Waals surface area (Å²) in [7, 11) is 0. The Morgan fingerprint density at radius 3 is 2.56 bits per heavy atom. The summed E-state index contributed by atoms with van der Waals surface area (Å²) < 4.78 is 1.89. The molecule has 0 bridgehead atoms. The number of aromatic nitrogens is 3. The van der Waals surface area contributed by atoms with Gasteiger partial charge in [0.15, 0.2) is 5.13 Å². The zero-order valence-electron chi connectivity index (χ0n) is 17.4. The third-order valence-corrected chi connectivity index (χ3v) is 5.36. The zero-order valence-corrected chi connectivity index (χ0v) is 18.2. The molecule has 0 spiro atoms. The van der Waals surface area contributed by atoms with E-state index < -0.39 is 0 Å². The number of benzene rings is 1. The molecule has 1 aromatic carbocycles. The molecule has 0 radical (unpaired) electrons. The highest BCUT2D eigenvalue weighted by atomic mass is 32.1. The van der Waals surface area contributed by atoms with Crippen molar-refractivity contribution in [3.63, 3.8) is 0 Å². The van der Waals surface area contributed by atoms with Crippen molar-refractivity contribution in [3.8, 4) is 0 Å². The fraction of sp³-hybridized carbons (Fsp3) is 0.0833. The summed E-state index contributed by atoms with van der Waals surface area (Å²) in [6.07, 6.45) is 9.16. The molecule has 4 aromatic rings. The van der Waals surface area contributed by atoms with Gasteiger partial charge in [0, 0.05) is 43.1 Å². The zero-order chi connectivity index (χ0) is 22.3. The summed E-state index contributed by atoms with van der Waals surface area (Å²) in [6.45, 7) is 2.07. The van der Waals surface area contributed by atoms with Crippen molar-refractivity contribution in [2.24, 2.45) is 0 Å². The number of thiazole rings is 1. The standard InChI is InChI=1S/C24H21N5O2S/c1-17(30)26-20-7-4-18(5-8-20)6-9-21-16-32-24(27-21)28-23(31)22-3-2-14-29(22)15-19-10-12-25-13-11-19/h2-14,16H,15H2,1H3,(H,26,30)(H,27,28,31)/b9-6+. The number of anilines is 2. The molecule has 0 saturated carbocycles. The summed E-state index contributed by atoms with van der Waals surface area (Å²) in [6, 6.07) is 15.0. The topological polar surface area (TPSA) is 88.9 Å². The Hall–Kier alpha value is -4.04. The summed E-state index contributed by atoms with van der Waals surface area (Å²) in [5, 5.41) is 8.03. The van der Waals surface area contributed by atoms with Crippen molar-refractivity contribution in [2.75, 3.05) is 10.6 Å². The molecule has 3 aromatic heterocycles. The predicted octanol–water partition coefficient (Wildman–Crippen LogP) is 4.77. The fourth-order valence-corrected chi connectivity index (χ4v) is 3.76. The van der Waals surface area contributed by atoms with Gasteiger partial charge in [-0.1, -0.05) is 18.2 Å². The van der Waals surface area contributed by atoms with E-state index in [9.17, 15) is 9.59 Å². The third kappa shape index (κ3) is 5.55. The van der Waals surface area contributed by atoms with Crippen LogP contribution in [-0.2, 0) is 11.3 Å². The smallest absolute Gasteiger partial charge is 0.274 e. The molecule has 4 rings (SSSR count). The maximum Gasteiger partial charge on any atom is 0.274 e. The highest BCUT2D eigenvalue weighted by Gasteiger charge is 2.13. The summed E-state index contributed by atoms with van der Waals surface area (Å²) >= 11 is 1.37. The van der Waals surface area contributed by atoms with Crippen molar-refractivity contribution in [2.45, 2.75) is 13.5 Å². The Kier molecular flexibility index (Phi) is 6.52. The van der Waals surface area contributed by atoms with Crippen molar-refractivity contribution >= 4 is 46.1 Å². The fourth-order valence-electron chi connectivity index (χ4n) is 3.09. The van der Waals surface area contributed by atoms with Crippen molar-refractivity contribution in [1.29, 1.82) is 0 Å². The summed E-state index contributed by atoms with van der Waals surface area (Å²) in [4.78, 5) is 32.3. The van der Waals surface area contributed by atoms with Crippen LogP contribution >= 0.6 is 11.3 Å².